The molecule has 2 fully saturated rings. The Morgan fingerprint density at radius 1 is 1.07 bits per heavy atom. The van der Waals surface area contributed by atoms with E-state index in [-0.39, 0.29) is 17.9 Å². The third-order valence-electron chi connectivity index (χ3n) is 5.26. The Hall–Kier alpha value is -2.34. The molecule has 4 rings (SSSR count). The van der Waals surface area contributed by atoms with Gasteiger partial charge in [0, 0.05) is 41.8 Å². The number of nitrogens with one attached hydrogen (secondary N) is 1. The van der Waals surface area contributed by atoms with Crippen molar-refractivity contribution in [1.82, 2.24) is 10.2 Å². The van der Waals surface area contributed by atoms with Crippen LogP contribution >= 0.6 is 11.8 Å². The third-order valence-corrected chi connectivity index (χ3v) is 6.20. The lowest BCUT2D eigenvalue weighted by atomic mass is 9.96. The molecule has 2 amide bonds. The molecule has 2 aliphatic rings. The maximum Gasteiger partial charge on any atom is 0.253 e. The molecule has 0 atom stereocenters. The van der Waals surface area contributed by atoms with Crippen LogP contribution in [0.3, 0.4) is 0 Å². The topological polar surface area (TPSA) is 49.4 Å². The van der Waals surface area contributed by atoms with Crippen molar-refractivity contribution in [2.75, 3.05) is 24.6 Å². The highest BCUT2D eigenvalue weighted by atomic mass is 32.2. The lowest BCUT2D eigenvalue weighted by Crippen LogP contribution is -2.37. The van der Waals surface area contributed by atoms with Crippen molar-refractivity contribution in [3.63, 3.8) is 0 Å². The maximum absolute atomic E-state index is 14.4. The van der Waals surface area contributed by atoms with Crippen LogP contribution in [-0.4, -0.2) is 47.4 Å². The summed E-state index contributed by atoms with van der Waals surface area (Å²) < 4.78 is 14.4. The van der Waals surface area contributed by atoms with Crippen LogP contribution in [0.4, 0.5) is 4.39 Å². The van der Waals surface area contributed by atoms with Gasteiger partial charge in [-0.15, -0.1) is 0 Å². The zero-order chi connectivity index (χ0) is 19.7. The van der Waals surface area contributed by atoms with Crippen LogP contribution in [-0.2, 0) is 0 Å². The van der Waals surface area contributed by atoms with Crippen LogP contribution in [0.2, 0.25) is 0 Å². The fraction of sp³-hybridized carbons (Fsp3) is 0.364. The first-order valence-corrected chi connectivity index (χ1v) is 10.8. The zero-order valence-electron chi connectivity index (χ0n) is 15.8. The number of rotatable bonds is 4. The van der Waals surface area contributed by atoms with E-state index in [1.165, 1.54) is 6.07 Å². The van der Waals surface area contributed by atoms with Crippen LogP contribution in [0, 0.1) is 12.7 Å². The summed E-state index contributed by atoms with van der Waals surface area (Å²) in [6, 6.07) is 10.5. The zero-order valence-corrected chi connectivity index (χ0v) is 16.7. The molecule has 0 unspecified atom stereocenters. The molecule has 1 aliphatic carbocycles. The molecule has 0 radical (unpaired) electrons. The minimum absolute atomic E-state index is 0.0346. The lowest BCUT2D eigenvalue weighted by Gasteiger charge is -2.26. The number of carbonyl (C=O) groups is 2. The number of halogens is 1. The van der Waals surface area contributed by atoms with Crippen molar-refractivity contribution in [3.8, 4) is 11.1 Å². The molecule has 0 aromatic heterocycles. The largest absolute Gasteiger partial charge is 0.349 e. The Morgan fingerprint density at radius 2 is 1.75 bits per heavy atom. The SMILES string of the molecule is Cc1c(F)cc(C(=O)NC2CC2)cc1-c1ccc(C(=O)N2CCSCC2)cc1. The van der Waals surface area contributed by atoms with Crippen LogP contribution in [0.15, 0.2) is 36.4 Å². The summed E-state index contributed by atoms with van der Waals surface area (Å²) in [6.07, 6.45) is 1.97. The summed E-state index contributed by atoms with van der Waals surface area (Å²) >= 11 is 1.86. The predicted molar refractivity (Wildman–Crippen MR) is 110 cm³/mol. The molecule has 1 saturated heterocycles. The standard InChI is InChI=1S/C22H23FN2O2S/c1-14-19(12-17(13-20(14)23)21(26)24-18-6-7-18)15-2-4-16(5-3-15)22(27)25-8-10-28-11-9-25/h2-5,12-13,18H,6-11H2,1H3,(H,24,26). The number of carbonyl (C=O) groups excluding carboxylic acids is 2. The second-order valence-electron chi connectivity index (χ2n) is 7.36. The van der Waals surface area contributed by atoms with Crippen molar-refractivity contribution in [3.05, 3.63) is 58.9 Å². The molecule has 1 heterocycles. The van der Waals surface area contributed by atoms with Crippen LogP contribution in [0.1, 0.15) is 39.1 Å². The van der Waals surface area contributed by atoms with E-state index in [2.05, 4.69) is 5.32 Å². The number of benzene rings is 2. The fourth-order valence-electron chi connectivity index (χ4n) is 3.35. The van der Waals surface area contributed by atoms with Gasteiger partial charge in [-0.25, -0.2) is 4.39 Å². The Kier molecular flexibility index (Phi) is 5.40. The normalized spacial score (nSPS) is 16.7. The fourth-order valence-corrected chi connectivity index (χ4v) is 4.25. The lowest BCUT2D eigenvalue weighted by molar-refractivity contribution is 0.0772. The first-order chi connectivity index (χ1) is 13.5. The molecule has 1 N–H and O–H groups in total. The van der Waals surface area contributed by atoms with Gasteiger partial charge in [-0.3, -0.25) is 9.59 Å². The van der Waals surface area contributed by atoms with Crippen molar-refractivity contribution < 1.29 is 14.0 Å². The third kappa shape index (κ3) is 4.07. The van der Waals surface area contributed by atoms with Gasteiger partial charge < -0.3 is 10.2 Å². The summed E-state index contributed by atoms with van der Waals surface area (Å²) in [4.78, 5) is 26.8. The van der Waals surface area contributed by atoms with Crippen LogP contribution in [0.25, 0.3) is 11.1 Å². The van der Waals surface area contributed by atoms with Crippen LogP contribution in [0.5, 0.6) is 0 Å². The van der Waals surface area contributed by atoms with E-state index in [4.69, 9.17) is 0 Å². The Balaban J connectivity index is 1.58. The molecule has 1 saturated carbocycles. The minimum Gasteiger partial charge on any atom is -0.349 e. The summed E-state index contributed by atoms with van der Waals surface area (Å²) in [6.45, 7) is 3.25. The van der Waals surface area contributed by atoms with Gasteiger partial charge in [0.25, 0.3) is 11.8 Å². The highest BCUT2D eigenvalue weighted by molar-refractivity contribution is 7.99. The predicted octanol–water partition coefficient (Wildman–Crippen LogP) is 3.88. The number of nitrogens with zero attached hydrogens (tertiary/aromatic N) is 1. The summed E-state index contributed by atoms with van der Waals surface area (Å²) in [7, 11) is 0. The van der Waals surface area contributed by atoms with Crippen molar-refractivity contribution in [2.45, 2.75) is 25.8 Å². The number of hydrogen-bond acceptors (Lipinski definition) is 3. The average Bonchev–Trinajstić information content (AvgIpc) is 3.54. The average molecular weight is 399 g/mol. The highest BCUT2D eigenvalue weighted by Gasteiger charge is 2.25. The van der Waals surface area contributed by atoms with E-state index in [1.54, 1.807) is 25.1 Å². The van der Waals surface area contributed by atoms with Gasteiger partial charge in [0.2, 0.25) is 0 Å². The number of amides is 2. The second kappa shape index (κ2) is 7.95. The molecular formula is C22H23FN2O2S. The van der Waals surface area contributed by atoms with Crippen LogP contribution < -0.4 is 5.32 Å². The molecule has 6 heteroatoms. The van der Waals surface area contributed by atoms with Crippen molar-refractivity contribution >= 4 is 23.6 Å². The van der Waals surface area contributed by atoms with Crippen molar-refractivity contribution in [2.24, 2.45) is 0 Å². The molecule has 146 valence electrons. The quantitative estimate of drug-likeness (QED) is 0.850. The van der Waals surface area contributed by atoms with Gasteiger partial charge in [-0.05, 0) is 60.7 Å². The Labute approximate surface area is 168 Å². The maximum atomic E-state index is 14.4. The van der Waals surface area contributed by atoms with E-state index in [0.717, 1.165) is 43.0 Å². The van der Waals surface area contributed by atoms with E-state index >= 15 is 0 Å². The van der Waals surface area contributed by atoms with E-state index in [0.29, 0.717) is 22.3 Å². The Bertz CT molecular complexity index is 903. The summed E-state index contributed by atoms with van der Waals surface area (Å²) in [5, 5.41) is 2.90. The van der Waals surface area contributed by atoms with Gasteiger partial charge in [-0.2, -0.15) is 11.8 Å². The number of hydrogen-bond donors (Lipinski definition) is 1. The molecule has 1 aliphatic heterocycles. The molecule has 28 heavy (non-hydrogen) atoms. The summed E-state index contributed by atoms with van der Waals surface area (Å²) in [5.74, 6) is 1.34. The molecule has 2 aromatic rings. The van der Waals surface area contributed by atoms with E-state index < -0.39 is 5.82 Å². The van der Waals surface area contributed by atoms with Gasteiger partial charge >= 0.3 is 0 Å². The van der Waals surface area contributed by atoms with Gasteiger partial charge in [0.05, 0.1) is 0 Å². The second-order valence-corrected chi connectivity index (χ2v) is 8.59. The molecule has 0 spiro atoms. The smallest absolute Gasteiger partial charge is 0.253 e. The first-order valence-electron chi connectivity index (χ1n) is 9.61. The molecule has 4 nitrogen and oxygen atoms in total. The first kappa shape index (κ1) is 19.0. The summed E-state index contributed by atoms with van der Waals surface area (Å²) in [5.41, 5.74) is 2.93. The minimum atomic E-state index is -0.399. The highest BCUT2D eigenvalue weighted by Crippen LogP contribution is 2.28. The molecular weight excluding hydrogens is 375 g/mol. The monoisotopic (exact) mass is 398 g/mol. The van der Waals surface area contributed by atoms with Crippen molar-refractivity contribution in [1.29, 1.82) is 0 Å². The Morgan fingerprint density at radius 3 is 2.39 bits per heavy atom. The van der Waals surface area contributed by atoms with E-state index in [1.807, 2.05) is 28.8 Å². The molecule has 2 aromatic carbocycles. The van der Waals surface area contributed by atoms with Gasteiger partial charge in [0.15, 0.2) is 0 Å². The molecule has 0 bridgehead atoms. The number of thioether (sulfide) groups is 1. The van der Waals surface area contributed by atoms with Gasteiger partial charge in [-0.1, -0.05) is 12.1 Å². The van der Waals surface area contributed by atoms with Gasteiger partial charge in [0.1, 0.15) is 5.82 Å². The van der Waals surface area contributed by atoms with E-state index in [9.17, 15) is 14.0 Å².